The molecule has 0 saturated heterocycles. The molecule has 2 rings (SSSR count). The van der Waals surface area contributed by atoms with Gasteiger partial charge in [0.1, 0.15) is 23.1 Å². The van der Waals surface area contributed by atoms with Crippen LogP contribution in [-0.4, -0.2) is 38.9 Å². The van der Waals surface area contributed by atoms with Crippen LogP contribution >= 0.6 is 0 Å². The van der Waals surface area contributed by atoms with Gasteiger partial charge in [-0.25, -0.2) is 15.8 Å². The molecule has 0 aliphatic heterocycles. The van der Waals surface area contributed by atoms with E-state index >= 15 is 0 Å². The van der Waals surface area contributed by atoms with Gasteiger partial charge in [0, 0.05) is 18.5 Å². The average Bonchev–Trinajstić information content (AvgIpc) is 3.20. The highest BCUT2D eigenvalue weighted by atomic mass is 16.3. The van der Waals surface area contributed by atoms with E-state index in [4.69, 9.17) is 10.9 Å². The third-order valence-corrected chi connectivity index (χ3v) is 2.82. The highest BCUT2D eigenvalue weighted by Crippen LogP contribution is 2.38. The fourth-order valence-corrected chi connectivity index (χ4v) is 1.49. The number of anilines is 2. The van der Waals surface area contributed by atoms with Gasteiger partial charge < -0.3 is 21.0 Å². The van der Waals surface area contributed by atoms with E-state index in [1.54, 1.807) is 13.0 Å². The van der Waals surface area contributed by atoms with Crippen LogP contribution in [-0.2, 0) is 0 Å². The third kappa shape index (κ3) is 3.28. The van der Waals surface area contributed by atoms with Gasteiger partial charge in [0.2, 0.25) is 0 Å². The van der Waals surface area contributed by atoms with Gasteiger partial charge in [0.15, 0.2) is 0 Å². The van der Waals surface area contributed by atoms with Crippen LogP contribution in [0, 0.1) is 0 Å². The molecule has 0 spiro atoms. The van der Waals surface area contributed by atoms with Gasteiger partial charge in [-0.2, -0.15) is 0 Å². The Morgan fingerprint density at radius 3 is 2.67 bits per heavy atom. The van der Waals surface area contributed by atoms with E-state index in [1.165, 1.54) is 0 Å². The van der Waals surface area contributed by atoms with Gasteiger partial charge in [-0.05, 0) is 19.8 Å². The van der Waals surface area contributed by atoms with Crippen molar-refractivity contribution in [3.05, 3.63) is 11.9 Å². The van der Waals surface area contributed by atoms with E-state index in [9.17, 15) is 5.11 Å². The number of nitrogen functional groups attached to an aromatic ring is 1. The Balaban J connectivity index is 2.09. The molecule has 0 amide bonds. The lowest BCUT2D eigenvalue weighted by molar-refractivity contribution is 0.0131. The van der Waals surface area contributed by atoms with Crippen molar-refractivity contribution in [2.45, 2.75) is 31.3 Å². The number of nitrogens with two attached hydrogens (primary N) is 1. The van der Waals surface area contributed by atoms with Crippen molar-refractivity contribution in [2.24, 2.45) is 5.84 Å². The zero-order valence-corrected chi connectivity index (χ0v) is 10.3. The van der Waals surface area contributed by atoms with Crippen LogP contribution in [0.25, 0.3) is 0 Å². The van der Waals surface area contributed by atoms with E-state index in [1.807, 2.05) is 0 Å². The highest BCUT2D eigenvalue weighted by molar-refractivity contribution is 5.47. The molecule has 0 radical (unpaired) electrons. The molecule has 18 heavy (non-hydrogen) atoms. The molecular formula is C11H19N5O2. The fraction of sp³-hybridized carbons (Fsp3) is 0.636. The molecule has 6 N–H and O–H groups in total. The SMILES string of the molecule is CC(O)(CO)CNc1cc(NN)nc(C2CC2)n1. The zero-order chi connectivity index (χ0) is 13.2. The van der Waals surface area contributed by atoms with Crippen molar-refractivity contribution in [1.29, 1.82) is 0 Å². The van der Waals surface area contributed by atoms with Gasteiger partial charge in [0.25, 0.3) is 0 Å². The van der Waals surface area contributed by atoms with Crippen molar-refractivity contribution in [3.8, 4) is 0 Å². The number of aliphatic hydroxyl groups excluding tert-OH is 1. The van der Waals surface area contributed by atoms with E-state index < -0.39 is 5.60 Å². The number of aliphatic hydroxyl groups is 2. The maximum atomic E-state index is 9.71. The number of nitrogens with one attached hydrogen (secondary N) is 2. The van der Waals surface area contributed by atoms with Gasteiger partial charge in [-0.3, -0.25) is 0 Å². The molecule has 7 nitrogen and oxygen atoms in total. The summed E-state index contributed by atoms with van der Waals surface area (Å²) in [6.07, 6.45) is 2.20. The first-order valence-corrected chi connectivity index (χ1v) is 5.97. The molecule has 0 aromatic carbocycles. The van der Waals surface area contributed by atoms with Crippen molar-refractivity contribution in [3.63, 3.8) is 0 Å². The molecule has 100 valence electrons. The predicted molar refractivity (Wildman–Crippen MR) is 68.0 cm³/mol. The van der Waals surface area contributed by atoms with Crippen molar-refractivity contribution < 1.29 is 10.2 Å². The molecule has 0 bridgehead atoms. The molecule has 1 unspecified atom stereocenters. The summed E-state index contributed by atoms with van der Waals surface area (Å²) in [5.41, 5.74) is 1.32. The summed E-state index contributed by atoms with van der Waals surface area (Å²) < 4.78 is 0. The van der Waals surface area contributed by atoms with Gasteiger partial charge in [-0.1, -0.05) is 0 Å². The summed E-state index contributed by atoms with van der Waals surface area (Å²) in [5, 5.41) is 21.7. The first-order valence-electron chi connectivity index (χ1n) is 5.97. The second-order valence-electron chi connectivity index (χ2n) is 4.92. The third-order valence-electron chi connectivity index (χ3n) is 2.82. The Morgan fingerprint density at radius 2 is 2.11 bits per heavy atom. The lowest BCUT2D eigenvalue weighted by Crippen LogP contribution is -2.37. The standard InChI is InChI=1S/C11H19N5O2/c1-11(18,6-17)5-13-8-4-9(16-12)15-10(14-8)7-2-3-7/h4,7,17-18H,2-3,5-6,12H2,1H3,(H2,13,14,15,16). The molecule has 1 aliphatic rings. The van der Waals surface area contributed by atoms with Crippen molar-refractivity contribution >= 4 is 11.6 Å². The van der Waals surface area contributed by atoms with E-state index in [2.05, 4.69) is 20.7 Å². The smallest absolute Gasteiger partial charge is 0.145 e. The van der Waals surface area contributed by atoms with Crippen molar-refractivity contribution in [1.82, 2.24) is 9.97 Å². The van der Waals surface area contributed by atoms with Crippen LogP contribution in [0.2, 0.25) is 0 Å². The first kappa shape index (κ1) is 13.0. The van der Waals surface area contributed by atoms with E-state index in [0.29, 0.717) is 17.6 Å². The maximum absolute atomic E-state index is 9.71. The predicted octanol–water partition coefficient (Wildman–Crippen LogP) is -0.205. The Labute approximate surface area is 105 Å². The summed E-state index contributed by atoms with van der Waals surface area (Å²) in [4.78, 5) is 8.65. The number of rotatable bonds is 6. The van der Waals surface area contributed by atoms with Crippen LogP contribution in [0.15, 0.2) is 6.07 Å². The van der Waals surface area contributed by atoms with Crippen LogP contribution < -0.4 is 16.6 Å². The summed E-state index contributed by atoms with van der Waals surface area (Å²) in [7, 11) is 0. The van der Waals surface area contributed by atoms with Gasteiger partial charge >= 0.3 is 0 Å². The van der Waals surface area contributed by atoms with Gasteiger partial charge in [0.05, 0.1) is 6.61 Å². The summed E-state index contributed by atoms with van der Waals surface area (Å²) in [6.45, 7) is 1.43. The molecule has 1 aromatic heterocycles. The summed E-state index contributed by atoms with van der Waals surface area (Å²) in [5.74, 6) is 7.66. The summed E-state index contributed by atoms with van der Waals surface area (Å²) >= 11 is 0. The average molecular weight is 253 g/mol. The molecular weight excluding hydrogens is 234 g/mol. The highest BCUT2D eigenvalue weighted by Gasteiger charge is 2.27. The van der Waals surface area contributed by atoms with Crippen molar-refractivity contribution in [2.75, 3.05) is 23.9 Å². The molecule has 1 aromatic rings. The number of aromatic nitrogens is 2. The molecule has 1 atom stereocenters. The van der Waals surface area contributed by atoms with Crippen LogP contribution in [0.1, 0.15) is 31.5 Å². The molecule has 1 fully saturated rings. The molecule has 1 aliphatic carbocycles. The normalized spacial score (nSPS) is 18.2. The lowest BCUT2D eigenvalue weighted by Gasteiger charge is -2.21. The summed E-state index contributed by atoms with van der Waals surface area (Å²) in [6, 6.07) is 1.67. The minimum absolute atomic E-state index is 0.203. The zero-order valence-electron chi connectivity index (χ0n) is 10.3. The van der Waals surface area contributed by atoms with Crippen LogP contribution in [0.3, 0.4) is 0 Å². The number of hydrazine groups is 1. The van der Waals surface area contributed by atoms with Crippen LogP contribution in [0.4, 0.5) is 11.6 Å². The van der Waals surface area contributed by atoms with Crippen LogP contribution in [0.5, 0.6) is 0 Å². The topological polar surface area (TPSA) is 116 Å². The Kier molecular flexibility index (Phi) is 3.65. The second-order valence-corrected chi connectivity index (χ2v) is 4.92. The van der Waals surface area contributed by atoms with E-state index in [0.717, 1.165) is 18.7 Å². The molecule has 1 saturated carbocycles. The molecule has 1 heterocycles. The monoisotopic (exact) mass is 253 g/mol. The lowest BCUT2D eigenvalue weighted by atomic mass is 10.1. The molecule has 7 heteroatoms. The number of nitrogens with zero attached hydrogens (tertiary/aromatic N) is 2. The first-order chi connectivity index (χ1) is 8.54. The Bertz CT molecular complexity index is 420. The maximum Gasteiger partial charge on any atom is 0.145 e. The largest absolute Gasteiger partial charge is 0.393 e. The number of hydrogen-bond acceptors (Lipinski definition) is 7. The van der Waals surface area contributed by atoms with E-state index in [-0.39, 0.29) is 13.2 Å². The number of hydrogen-bond donors (Lipinski definition) is 5. The second kappa shape index (κ2) is 5.05. The fourth-order valence-electron chi connectivity index (χ4n) is 1.49. The Morgan fingerprint density at radius 1 is 1.44 bits per heavy atom. The minimum Gasteiger partial charge on any atom is -0.393 e. The minimum atomic E-state index is -1.18. The quantitative estimate of drug-likeness (QED) is 0.352. The van der Waals surface area contributed by atoms with Gasteiger partial charge in [-0.15, -0.1) is 0 Å². The Hall–Kier alpha value is -1.44.